The molecule has 0 saturated carbocycles. The number of aromatic carboxylic acids is 1. The lowest BCUT2D eigenvalue weighted by atomic mass is 10.2. The van der Waals surface area contributed by atoms with Crippen LogP contribution in [0.25, 0.3) is 0 Å². The quantitative estimate of drug-likeness (QED) is 0.844. The van der Waals surface area contributed by atoms with Crippen molar-refractivity contribution < 1.29 is 22.7 Å². The van der Waals surface area contributed by atoms with Crippen LogP contribution in [0.4, 0.5) is 4.39 Å². The molecule has 0 aliphatic carbocycles. The first-order valence-corrected chi connectivity index (χ1v) is 5.75. The summed E-state index contributed by atoms with van der Waals surface area (Å²) in [4.78, 5) is 10.4. The Hall–Kier alpha value is -1.43. The molecule has 0 bridgehead atoms. The van der Waals surface area contributed by atoms with E-state index in [2.05, 4.69) is 0 Å². The third-order valence-corrected chi connectivity index (χ3v) is 3.52. The highest BCUT2D eigenvalue weighted by atomic mass is 32.2. The third-order valence-electron chi connectivity index (χ3n) is 1.80. The Bertz CT molecular complexity index is 467. The molecule has 6 heteroatoms. The van der Waals surface area contributed by atoms with Gasteiger partial charge in [0.15, 0.2) is 9.84 Å². The lowest BCUT2D eigenvalue weighted by Crippen LogP contribution is -2.13. The zero-order valence-electron chi connectivity index (χ0n) is 7.68. The van der Waals surface area contributed by atoms with Gasteiger partial charge in [-0.3, -0.25) is 0 Å². The van der Waals surface area contributed by atoms with E-state index in [1.165, 1.54) is 18.2 Å². The number of carboxylic acids is 1. The molecular formula is C9H9FO4S. The molecule has 0 saturated heterocycles. The van der Waals surface area contributed by atoms with Crippen molar-refractivity contribution in [3.8, 4) is 0 Å². The number of sulfone groups is 1. The molecule has 1 N–H and O–H groups in total. The van der Waals surface area contributed by atoms with Crippen LogP contribution in [-0.2, 0) is 9.84 Å². The molecule has 1 rings (SSSR count). The van der Waals surface area contributed by atoms with Gasteiger partial charge in [-0.05, 0) is 12.1 Å². The minimum Gasteiger partial charge on any atom is -0.478 e. The van der Waals surface area contributed by atoms with E-state index in [0.29, 0.717) is 0 Å². The van der Waals surface area contributed by atoms with Crippen LogP contribution in [0.5, 0.6) is 0 Å². The number of carboxylic acid groups (broad SMARTS) is 1. The van der Waals surface area contributed by atoms with Gasteiger partial charge in [-0.25, -0.2) is 17.6 Å². The van der Waals surface area contributed by atoms with E-state index in [9.17, 15) is 17.6 Å². The van der Waals surface area contributed by atoms with Gasteiger partial charge in [-0.2, -0.15) is 0 Å². The van der Waals surface area contributed by atoms with Gasteiger partial charge in [0.2, 0.25) is 0 Å². The van der Waals surface area contributed by atoms with E-state index in [-0.39, 0.29) is 10.5 Å². The number of benzene rings is 1. The second kappa shape index (κ2) is 4.39. The SMILES string of the molecule is O=C(O)c1ccccc1S(=O)(=O)CCF. The Balaban J connectivity index is 3.31. The van der Waals surface area contributed by atoms with E-state index in [4.69, 9.17) is 5.11 Å². The molecule has 0 aliphatic heterocycles. The Morgan fingerprint density at radius 3 is 2.47 bits per heavy atom. The van der Waals surface area contributed by atoms with Crippen molar-refractivity contribution >= 4 is 15.8 Å². The molecule has 0 aromatic heterocycles. The van der Waals surface area contributed by atoms with Crippen molar-refractivity contribution in [2.24, 2.45) is 0 Å². The van der Waals surface area contributed by atoms with Crippen LogP contribution in [0.1, 0.15) is 10.4 Å². The largest absolute Gasteiger partial charge is 0.478 e. The summed E-state index contributed by atoms with van der Waals surface area (Å²) in [5, 5.41) is 8.74. The van der Waals surface area contributed by atoms with Crippen LogP contribution in [0, 0.1) is 0 Å². The van der Waals surface area contributed by atoms with Crippen LogP contribution in [0.15, 0.2) is 29.2 Å². The minimum atomic E-state index is -3.84. The topological polar surface area (TPSA) is 71.4 Å². The molecule has 0 amide bonds. The van der Waals surface area contributed by atoms with Gasteiger partial charge in [0, 0.05) is 0 Å². The van der Waals surface area contributed by atoms with Crippen LogP contribution >= 0.6 is 0 Å². The minimum absolute atomic E-state index is 0.328. The van der Waals surface area contributed by atoms with Gasteiger partial charge < -0.3 is 5.11 Å². The maximum atomic E-state index is 12.0. The molecule has 0 aliphatic rings. The van der Waals surface area contributed by atoms with E-state index in [1.807, 2.05) is 0 Å². The highest BCUT2D eigenvalue weighted by molar-refractivity contribution is 7.91. The standard InChI is InChI=1S/C9H9FO4S/c10-5-6-15(13,14)8-4-2-1-3-7(8)9(11)12/h1-4H,5-6H2,(H,11,12). The molecule has 0 fully saturated rings. The van der Waals surface area contributed by atoms with E-state index in [1.54, 1.807) is 0 Å². The Kier molecular flexibility index (Phi) is 3.41. The van der Waals surface area contributed by atoms with Crippen molar-refractivity contribution in [2.75, 3.05) is 12.4 Å². The van der Waals surface area contributed by atoms with Gasteiger partial charge in [-0.1, -0.05) is 12.1 Å². The molecule has 1 aromatic rings. The Morgan fingerprint density at radius 2 is 1.93 bits per heavy atom. The first-order valence-electron chi connectivity index (χ1n) is 4.10. The molecule has 82 valence electrons. The first kappa shape index (κ1) is 11.6. The smallest absolute Gasteiger partial charge is 0.337 e. The number of halogens is 1. The summed E-state index contributed by atoms with van der Waals surface area (Å²) in [5.74, 6) is -2.04. The van der Waals surface area contributed by atoms with Gasteiger partial charge in [-0.15, -0.1) is 0 Å². The first-order chi connectivity index (χ1) is 6.99. The van der Waals surface area contributed by atoms with E-state index < -0.39 is 28.2 Å². The van der Waals surface area contributed by atoms with E-state index in [0.717, 1.165) is 6.07 Å². The zero-order valence-corrected chi connectivity index (χ0v) is 8.50. The molecule has 1 aromatic carbocycles. The molecule has 15 heavy (non-hydrogen) atoms. The van der Waals surface area contributed by atoms with Crippen LogP contribution in [0.2, 0.25) is 0 Å². The molecule has 0 unspecified atom stereocenters. The fraction of sp³-hybridized carbons (Fsp3) is 0.222. The number of carbonyl (C=O) groups is 1. The Labute approximate surface area is 86.3 Å². The molecule has 0 radical (unpaired) electrons. The lowest BCUT2D eigenvalue weighted by molar-refractivity contribution is 0.0692. The number of hydrogen-bond donors (Lipinski definition) is 1. The average Bonchev–Trinajstić information content (AvgIpc) is 2.17. The summed E-state index contributed by atoms with van der Waals surface area (Å²) in [7, 11) is -3.84. The summed E-state index contributed by atoms with van der Waals surface area (Å²) in [6.45, 7) is -1.03. The van der Waals surface area contributed by atoms with Crippen molar-refractivity contribution in [2.45, 2.75) is 4.90 Å². The average molecular weight is 232 g/mol. The van der Waals surface area contributed by atoms with Crippen molar-refractivity contribution in [1.29, 1.82) is 0 Å². The number of alkyl halides is 1. The predicted octanol–water partition coefficient (Wildman–Crippen LogP) is 1.13. The van der Waals surface area contributed by atoms with Gasteiger partial charge in [0.05, 0.1) is 16.2 Å². The highest BCUT2D eigenvalue weighted by Gasteiger charge is 2.21. The second-order valence-electron chi connectivity index (χ2n) is 2.81. The fourth-order valence-corrected chi connectivity index (χ4v) is 2.33. The fourth-order valence-electron chi connectivity index (χ4n) is 1.13. The number of rotatable bonds is 4. The highest BCUT2D eigenvalue weighted by Crippen LogP contribution is 2.16. The summed E-state index contributed by atoms with van der Waals surface area (Å²) in [5.41, 5.74) is -0.328. The van der Waals surface area contributed by atoms with Crippen molar-refractivity contribution in [3.63, 3.8) is 0 Å². The van der Waals surface area contributed by atoms with Crippen LogP contribution < -0.4 is 0 Å². The van der Waals surface area contributed by atoms with Gasteiger partial charge in [0.1, 0.15) is 6.67 Å². The van der Waals surface area contributed by atoms with Crippen molar-refractivity contribution in [3.05, 3.63) is 29.8 Å². The summed E-state index contributed by atoms with van der Waals surface area (Å²) >= 11 is 0. The normalized spacial score (nSPS) is 11.3. The second-order valence-corrected chi connectivity index (χ2v) is 4.89. The van der Waals surface area contributed by atoms with Crippen LogP contribution in [0.3, 0.4) is 0 Å². The third kappa shape index (κ3) is 2.53. The lowest BCUT2D eigenvalue weighted by Gasteiger charge is -2.05. The summed E-state index contributed by atoms with van der Waals surface area (Å²) in [6, 6.07) is 5.15. The van der Waals surface area contributed by atoms with Crippen LogP contribution in [-0.4, -0.2) is 31.9 Å². The van der Waals surface area contributed by atoms with Gasteiger partial charge >= 0.3 is 5.97 Å². The maximum Gasteiger partial charge on any atom is 0.337 e. The molecule has 0 atom stereocenters. The van der Waals surface area contributed by atoms with E-state index >= 15 is 0 Å². The predicted molar refractivity (Wildman–Crippen MR) is 51.4 cm³/mol. The zero-order chi connectivity index (χ0) is 11.5. The maximum absolute atomic E-state index is 12.0. The van der Waals surface area contributed by atoms with Gasteiger partial charge in [0.25, 0.3) is 0 Å². The number of hydrogen-bond acceptors (Lipinski definition) is 3. The molecule has 0 spiro atoms. The molecule has 0 heterocycles. The monoisotopic (exact) mass is 232 g/mol. The van der Waals surface area contributed by atoms with Crippen molar-refractivity contribution in [1.82, 2.24) is 0 Å². The molecular weight excluding hydrogens is 223 g/mol. The Morgan fingerprint density at radius 1 is 1.33 bits per heavy atom. The summed E-state index contributed by atoms with van der Waals surface area (Å²) < 4.78 is 34.9. The summed E-state index contributed by atoms with van der Waals surface area (Å²) in [6.07, 6.45) is 0. The molecule has 4 nitrogen and oxygen atoms in total.